The number of amides is 1. The number of furan rings is 1. The molecule has 2 aromatic carbocycles. The summed E-state index contributed by atoms with van der Waals surface area (Å²) in [5.74, 6) is 0.477. The number of non-ortho nitro benzene ring substituents is 1. The van der Waals surface area contributed by atoms with Gasteiger partial charge in [0.2, 0.25) is 0 Å². The van der Waals surface area contributed by atoms with Crippen molar-refractivity contribution in [2.45, 2.75) is 0 Å². The standard InChI is InChI=1S/C18H12ClN3O4/c19-14-5-1-3-12(9-14)17-8-7-16(26-17)11-20-21-18(23)13-4-2-6-15(10-13)22(24)25/h1-11H,(H,21,23)/b20-11+. The van der Waals surface area contributed by atoms with Crippen molar-refractivity contribution in [2.24, 2.45) is 5.10 Å². The number of nitrogens with one attached hydrogen (secondary N) is 1. The Bertz CT molecular complexity index is 997. The average molecular weight is 370 g/mol. The molecule has 0 aliphatic rings. The molecule has 1 amide bonds. The lowest BCUT2D eigenvalue weighted by molar-refractivity contribution is -0.384. The molecule has 0 aliphatic carbocycles. The van der Waals surface area contributed by atoms with E-state index in [1.807, 2.05) is 12.1 Å². The van der Waals surface area contributed by atoms with Gasteiger partial charge >= 0.3 is 0 Å². The zero-order valence-electron chi connectivity index (χ0n) is 13.3. The lowest BCUT2D eigenvalue weighted by Crippen LogP contribution is -2.17. The Balaban J connectivity index is 1.67. The molecule has 3 aromatic rings. The normalized spacial score (nSPS) is 10.8. The summed E-state index contributed by atoms with van der Waals surface area (Å²) in [4.78, 5) is 22.2. The van der Waals surface area contributed by atoms with E-state index in [0.717, 1.165) is 5.56 Å². The first-order valence-corrected chi connectivity index (χ1v) is 7.84. The molecule has 0 aliphatic heterocycles. The molecule has 7 nitrogen and oxygen atoms in total. The third-order valence-corrected chi connectivity index (χ3v) is 3.65. The second kappa shape index (κ2) is 7.62. The molecule has 0 atom stereocenters. The summed E-state index contributed by atoms with van der Waals surface area (Å²) in [6, 6.07) is 16.0. The van der Waals surface area contributed by atoms with Gasteiger partial charge in [-0.05, 0) is 30.3 Å². The molecular formula is C18H12ClN3O4. The highest BCUT2D eigenvalue weighted by Crippen LogP contribution is 2.24. The summed E-state index contributed by atoms with van der Waals surface area (Å²) in [5, 5.41) is 15.1. The number of nitro benzene ring substituents is 1. The van der Waals surface area contributed by atoms with Crippen molar-refractivity contribution < 1.29 is 14.1 Å². The number of nitrogens with zero attached hydrogens (tertiary/aromatic N) is 2. The van der Waals surface area contributed by atoms with Gasteiger partial charge in [-0.1, -0.05) is 29.8 Å². The zero-order chi connectivity index (χ0) is 18.5. The molecule has 130 valence electrons. The maximum atomic E-state index is 12.0. The fourth-order valence-electron chi connectivity index (χ4n) is 2.20. The average Bonchev–Trinajstić information content (AvgIpc) is 3.10. The van der Waals surface area contributed by atoms with Crippen molar-refractivity contribution in [3.63, 3.8) is 0 Å². The van der Waals surface area contributed by atoms with Crippen LogP contribution in [0.15, 0.2) is 70.2 Å². The smallest absolute Gasteiger partial charge is 0.271 e. The monoisotopic (exact) mass is 369 g/mol. The van der Waals surface area contributed by atoms with Gasteiger partial charge in [-0.15, -0.1) is 0 Å². The van der Waals surface area contributed by atoms with Crippen LogP contribution in [0.1, 0.15) is 16.1 Å². The van der Waals surface area contributed by atoms with Crippen LogP contribution in [-0.2, 0) is 0 Å². The quantitative estimate of drug-likeness (QED) is 0.412. The molecule has 26 heavy (non-hydrogen) atoms. The number of rotatable bonds is 5. The number of benzene rings is 2. The van der Waals surface area contributed by atoms with E-state index in [2.05, 4.69) is 10.5 Å². The molecule has 0 spiro atoms. The first-order valence-electron chi connectivity index (χ1n) is 7.46. The highest BCUT2D eigenvalue weighted by atomic mass is 35.5. The molecule has 0 fully saturated rings. The lowest BCUT2D eigenvalue weighted by atomic mass is 10.2. The molecule has 0 saturated heterocycles. The van der Waals surface area contributed by atoms with E-state index in [-0.39, 0.29) is 11.3 Å². The maximum absolute atomic E-state index is 12.0. The molecule has 3 rings (SSSR count). The largest absolute Gasteiger partial charge is 0.455 e. The van der Waals surface area contributed by atoms with Crippen LogP contribution in [0.4, 0.5) is 5.69 Å². The minimum Gasteiger partial charge on any atom is -0.455 e. The second-order valence-corrected chi connectivity index (χ2v) is 5.66. The molecule has 0 unspecified atom stereocenters. The summed E-state index contributed by atoms with van der Waals surface area (Å²) in [5.41, 5.74) is 3.08. The Hall–Kier alpha value is -3.45. The van der Waals surface area contributed by atoms with Gasteiger partial charge in [-0.3, -0.25) is 14.9 Å². The molecule has 1 heterocycles. The number of halogens is 1. The molecule has 0 saturated carbocycles. The number of carbonyl (C=O) groups excluding carboxylic acids is 1. The highest BCUT2D eigenvalue weighted by Gasteiger charge is 2.10. The van der Waals surface area contributed by atoms with Crippen molar-refractivity contribution in [2.75, 3.05) is 0 Å². The fourth-order valence-corrected chi connectivity index (χ4v) is 2.39. The molecule has 0 bridgehead atoms. The first-order chi connectivity index (χ1) is 12.5. The molecule has 1 aromatic heterocycles. The maximum Gasteiger partial charge on any atom is 0.271 e. The molecule has 1 N–H and O–H groups in total. The summed E-state index contributed by atoms with van der Waals surface area (Å²) >= 11 is 5.95. The minimum absolute atomic E-state index is 0.135. The third-order valence-electron chi connectivity index (χ3n) is 3.41. The first kappa shape index (κ1) is 17.4. The summed E-state index contributed by atoms with van der Waals surface area (Å²) in [6.45, 7) is 0. The van der Waals surface area contributed by atoms with Crippen LogP contribution in [0.5, 0.6) is 0 Å². The fraction of sp³-hybridized carbons (Fsp3) is 0. The Morgan fingerprint density at radius 1 is 1.15 bits per heavy atom. The van der Waals surface area contributed by atoms with Gasteiger partial charge in [0.05, 0.1) is 11.1 Å². The van der Waals surface area contributed by atoms with E-state index in [1.165, 1.54) is 30.5 Å². The van der Waals surface area contributed by atoms with Crippen molar-refractivity contribution in [1.29, 1.82) is 0 Å². The second-order valence-electron chi connectivity index (χ2n) is 5.22. The lowest BCUT2D eigenvalue weighted by Gasteiger charge is -1.99. The molecular weight excluding hydrogens is 358 g/mol. The topological polar surface area (TPSA) is 97.7 Å². The van der Waals surface area contributed by atoms with Crippen molar-refractivity contribution in [1.82, 2.24) is 5.43 Å². The zero-order valence-corrected chi connectivity index (χ0v) is 14.0. The molecule has 8 heteroatoms. The molecule has 0 radical (unpaired) electrons. The van der Waals surface area contributed by atoms with E-state index in [4.69, 9.17) is 16.0 Å². The van der Waals surface area contributed by atoms with Crippen molar-refractivity contribution in [3.8, 4) is 11.3 Å². The minimum atomic E-state index is -0.569. The summed E-state index contributed by atoms with van der Waals surface area (Å²) in [6.07, 6.45) is 1.34. The predicted octanol–water partition coefficient (Wildman–Crippen LogP) is 4.27. The van der Waals surface area contributed by atoms with Crippen LogP contribution in [-0.4, -0.2) is 17.0 Å². The van der Waals surface area contributed by atoms with Gasteiger partial charge in [0.15, 0.2) is 0 Å². The van der Waals surface area contributed by atoms with E-state index in [0.29, 0.717) is 16.5 Å². The Kier molecular flexibility index (Phi) is 5.09. The van der Waals surface area contributed by atoms with Crippen LogP contribution < -0.4 is 5.43 Å². The van der Waals surface area contributed by atoms with Gasteiger partial charge in [-0.2, -0.15) is 5.10 Å². The number of carbonyl (C=O) groups is 1. The number of hydrogen-bond acceptors (Lipinski definition) is 5. The Morgan fingerprint density at radius 3 is 2.73 bits per heavy atom. The van der Waals surface area contributed by atoms with Crippen LogP contribution in [0.25, 0.3) is 11.3 Å². The van der Waals surface area contributed by atoms with Crippen molar-refractivity contribution >= 4 is 29.4 Å². The van der Waals surface area contributed by atoms with Crippen LogP contribution in [0.3, 0.4) is 0 Å². The van der Waals surface area contributed by atoms with E-state index < -0.39 is 10.8 Å². The number of hydrazone groups is 1. The van der Waals surface area contributed by atoms with Gasteiger partial charge in [0.25, 0.3) is 11.6 Å². The summed E-state index contributed by atoms with van der Waals surface area (Å²) in [7, 11) is 0. The van der Waals surface area contributed by atoms with E-state index >= 15 is 0 Å². The Morgan fingerprint density at radius 2 is 1.96 bits per heavy atom. The number of nitro groups is 1. The van der Waals surface area contributed by atoms with Gasteiger partial charge in [0, 0.05) is 28.3 Å². The van der Waals surface area contributed by atoms with Gasteiger partial charge in [-0.25, -0.2) is 5.43 Å². The van der Waals surface area contributed by atoms with Crippen LogP contribution >= 0.6 is 11.6 Å². The highest BCUT2D eigenvalue weighted by molar-refractivity contribution is 6.30. The van der Waals surface area contributed by atoms with E-state index in [9.17, 15) is 14.9 Å². The van der Waals surface area contributed by atoms with Gasteiger partial charge < -0.3 is 4.42 Å². The van der Waals surface area contributed by atoms with Crippen LogP contribution in [0, 0.1) is 10.1 Å². The van der Waals surface area contributed by atoms with Crippen molar-refractivity contribution in [3.05, 3.63) is 87.1 Å². The third kappa shape index (κ3) is 4.14. The SMILES string of the molecule is O=C(N/N=C/c1ccc(-c2cccc(Cl)c2)o1)c1cccc([N+](=O)[O-])c1. The van der Waals surface area contributed by atoms with E-state index in [1.54, 1.807) is 24.3 Å². The predicted molar refractivity (Wildman–Crippen MR) is 97.3 cm³/mol. The number of hydrogen-bond donors (Lipinski definition) is 1. The van der Waals surface area contributed by atoms with Crippen LogP contribution in [0.2, 0.25) is 5.02 Å². The van der Waals surface area contributed by atoms with Gasteiger partial charge in [0.1, 0.15) is 11.5 Å². The summed E-state index contributed by atoms with van der Waals surface area (Å²) < 4.78 is 5.61. The Labute approximate surface area is 153 Å².